The van der Waals surface area contributed by atoms with Crippen molar-refractivity contribution in [2.24, 2.45) is 5.73 Å². The van der Waals surface area contributed by atoms with Crippen LogP contribution in [0.15, 0.2) is 18.2 Å². The molecule has 0 aliphatic heterocycles. The number of methoxy groups -OCH3 is 1. The normalized spacial score (nSPS) is 15.2. The van der Waals surface area contributed by atoms with Gasteiger partial charge >= 0.3 is 5.97 Å². The van der Waals surface area contributed by atoms with Gasteiger partial charge in [0.1, 0.15) is 6.61 Å². The Hall–Kier alpha value is -1.39. The van der Waals surface area contributed by atoms with E-state index in [1.165, 1.54) is 31.1 Å². The number of carbonyl (C=O) groups excluding carboxylic acids is 1. The Morgan fingerprint density at radius 3 is 2.94 bits per heavy atom. The summed E-state index contributed by atoms with van der Waals surface area (Å²) >= 11 is 0. The molecule has 4 heteroatoms. The Balaban J connectivity index is 1.89. The monoisotopic (exact) mass is 249 g/mol. The van der Waals surface area contributed by atoms with Crippen molar-refractivity contribution in [3.05, 3.63) is 34.9 Å². The van der Waals surface area contributed by atoms with E-state index in [4.69, 9.17) is 10.5 Å². The van der Waals surface area contributed by atoms with Crippen LogP contribution < -0.4 is 5.73 Å². The lowest BCUT2D eigenvalue weighted by molar-refractivity contribution is -0.146. The van der Waals surface area contributed by atoms with Gasteiger partial charge in [0.15, 0.2) is 0 Å². The lowest BCUT2D eigenvalue weighted by Gasteiger charge is -2.13. The average molecular weight is 249 g/mol. The van der Waals surface area contributed by atoms with Crippen LogP contribution in [0.25, 0.3) is 0 Å². The minimum absolute atomic E-state index is 0.0465. The van der Waals surface area contributed by atoms with E-state index in [1.54, 1.807) is 0 Å². The molecule has 0 heterocycles. The molecule has 0 radical (unpaired) electrons. The summed E-state index contributed by atoms with van der Waals surface area (Å²) in [5.41, 5.74) is 9.94. The minimum atomic E-state index is -0.379. The van der Waals surface area contributed by atoms with Crippen LogP contribution in [0.1, 0.15) is 29.2 Å². The molecular weight excluding hydrogens is 230 g/mol. The first-order valence-electron chi connectivity index (χ1n) is 6.22. The lowest BCUT2D eigenvalue weighted by atomic mass is 10.0. The molecule has 0 spiro atoms. The number of fused-ring (bicyclic) bond motifs is 1. The van der Waals surface area contributed by atoms with Crippen molar-refractivity contribution >= 4 is 5.97 Å². The third kappa shape index (κ3) is 3.09. The lowest BCUT2D eigenvalue weighted by Crippen LogP contribution is -2.20. The van der Waals surface area contributed by atoms with Gasteiger partial charge in [-0.05, 0) is 36.0 Å². The number of ether oxygens (including phenoxy) is 2. The van der Waals surface area contributed by atoms with Crippen LogP contribution in [-0.2, 0) is 27.1 Å². The van der Waals surface area contributed by atoms with Crippen molar-refractivity contribution in [3.63, 3.8) is 0 Å². The smallest absolute Gasteiger partial charge is 0.331 e. The van der Waals surface area contributed by atoms with Crippen molar-refractivity contribution in [2.45, 2.75) is 25.3 Å². The molecule has 98 valence electrons. The molecule has 0 saturated heterocycles. The average Bonchev–Trinajstić information content (AvgIpc) is 2.85. The molecule has 1 aromatic carbocycles. The molecule has 0 amide bonds. The van der Waals surface area contributed by atoms with Crippen molar-refractivity contribution in [1.82, 2.24) is 0 Å². The van der Waals surface area contributed by atoms with Gasteiger partial charge < -0.3 is 15.2 Å². The molecule has 1 atom stereocenters. The fraction of sp³-hybridized carbons (Fsp3) is 0.500. The van der Waals surface area contributed by atoms with Gasteiger partial charge in [-0.1, -0.05) is 18.2 Å². The van der Waals surface area contributed by atoms with Crippen LogP contribution in [0.5, 0.6) is 0 Å². The highest BCUT2D eigenvalue weighted by molar-refractivity contribution is 5.70. The van der Waals surface area contributed by atoms with Gasteiger partial charge in [0.05, 0.1) is 19.8 Å². The van der Waals surface area contributed by atoms with Gasteiger partial charge in [0.25, 0.3) is 0 Å². The zero-order valence-electron chi connectivity index (χ0n) is 10.6. The number of aryl methyl sites for hydroxylation is 2. The van der Waals surface area contributed by atoms with Crippen LogP contribution in [0.4, 0.5) is 0 Å². The summed E-state index contributed by atoms with van der Waals surface area (Å²) < 4.78 is 9.72. The molecule has 1 unspecified atom stereocenters. The van der Waals surface area contributed by atoms with Gasteiger partial charge in [-0.25, -0.2) is 4.79 Å². The molecule has 0 fully saturated rings. The molecule has 2 N–H and O–H groups in total. The summed E-state index contributed by atoms with van der Waals surface area (Å²) in [6.45, 7) is 0.281. The van der Waals surface area contributed by atoms with Crippen LogP contribution >= 0.6 is 0 Å². The second-order valence-electron chi connectivity index (χ2n) is 4.58. The van der Waals surface area contributed by atoms with Gasteiger partial charge in [0, 0.05) is 0 Å². The van der Waals surface area contributed by atoms with Gasteiger partial charge in [0.2, 0.25) is 0 Å². The van der Waals surface area contributed by atoms with Crippen molar-refractivity contribution in [2.75, 3.05) is 20.3 Å². The molecule has 0 bridgehead atoms. The quantitative estimate of drug-likeness (QED) is 0.800. The van der Waals surface area contributed by atoms with E-state index in [1.807, 2.05) is 0 Å². The van der Waals surface area contributed by atoms with Gasteiger partial charge in [-0.2, -0.15) is 0 Å². The number of benzene rings is 1. The number of esters is 1. The van der Waals surface area contributed by atoms with Crippen molar-refractivity contribution in [1.29, 1.82) is 0 Å². The Morgan fingerprint density at radius 1 is 1.39 bits per heavy atom. The Bertz CT molecular complexity index is 431. The second kappa shape index (κ2) is 5.98. The fourth-order valence-corrected chi connectivity index (χ4v) is 2.25. The van der Waals surface area contributed by atoms with E-state index in [9.17, 15) is 4.79 Å². The van der Waals surface area contributed by atoms with Crippen LogP contribution in [0.3, 0.4) is 0 Å². The zero-order chi connectivity index (χ0) is 13.0. The summed E-state index contributed by atoms with van der Waals surface area (Å²) in [6, 6.07) is 6.17. The standard InChI is InChI=1S/C14H19NO3/c1-17-14(16)9-18-8-13(15)12-6-5-10-3-2-4-11(10)7-12/h5-7,13H,2-4,8-9,15H2,1H3. The van der Waals surface area contributed by atoms with Gasteiger partial charge in [-0.15, -0.1) is 0 Å². The maximum Gasteiger partial charge on any atom is 0.331 e. The topological polar surface area (TPSA) is 61.5 Å². The molecular formula is C14H19NO3. The Labute approximate surface area is 107 Å². The highest BCUT2D eigenvalue weighted by Gasteiger charge is 2.14. The fourth-order valence-electron chi connectivity index (χ4n) is 2.25. The SMILES string of the molecule is COC(=O)COCC(N)c1ccc2c(c1)CCC2. The number of hydrogen-bond donors (Lipinski definition) is 1. The van der Waals surface area contributed by atoms with E-state index in [-0.39, 0.29) is 18.6 Å². The molecule has 1 aliphatic carbocycles. The third-order valence-corrected chi connectivity index (χ3v) is 3.30. The first kappa shape index (κ1) is 13.1. The molecule has 2 rings (SSSR count). The minimum Gasteiger partial charge on any atom is -0.467 e. The highest BCUT2D eigenvalue weighted by Crippen LogP contribution is 2.24. The molecule has 4 nitrogen and oxygen atoms in total. The van der Waals surface area contributed by atoms with Crippen LogP contribution in [0.2, 0.25) is 0 Å². The van der Waals surface area contributed by atoms with Crippen molar-refractivity contribution in [3.8, 4) is 0 Å². The first-order valence-corrected chi connectivity index (χ1v) is 6.22. The summed E-state index contributed by atoms with van der Waals surface area (Å²) in [5, 5.41) is 0. The number of rotatable bonds is 5. The molecule has 1 aromatic rings. The van der Waals surface area contributed by atoms with E-state index in [2.05, 4.69) is 22.9 Å². The van der Waals surface area contributed by atoms with Gasteiger partial charge in [-0.3, -0.25) is 0 Å². The molecule has 18 heavy (non-hydrogen) atoms. The van der Waals surface area contributed by atoms with Crippen LogP contribution in [0, 0.1) is 0 Å². The zero-order valence-corrected chi connectivity index (χ0v) is 10.6. The number of carbonyl (C=O) groups is 1. The molecule has 1 aliphatic rings. The summed E-state index contributed by atoms with van der Waals surface area (Å²) in [7, 11) is 1.34. The largest absolute Gasteiger partial charge is 0.467 e. The van der Waals surface area contributed by atoms with Crippen molar-refractivity contribution < 1.29 is 14.3 Å². The third-order valence-electron chi connectivity index (χ3n) is 3.30. The molecule has 0 saturated carbocycles. The summed E-state index contributed by atoms with van der Waals surface area (Å²) in [4.78, 5) is 10.9. The second-order valence-corrected chi connectivity index (χ2v) is 4.58. The maximum absolute atomic E-state index is 10.9. The first-order chi connectivity index (χ1) is 8.70. The van der Waals surface area contributed by atoms with E-state index in [0.29, 0.717) is 6.61 Å². The van der Waals surface area contributed by atoms with Crippen LogP contribution in [-0.4, -0.2) is 26.3 Å². The summed E-state index contributed by atoms with van der Waals surface area (Å²) in [5.74, 6) is -0.379. The Kier molecular flexibility index (Phi) is 4.33. The number of nitrogens with two attached hydrogens (primary N) is 1. The highest BCUT2D eigenvalue weighted by atomic mass is 16.6. The molecule has 0 aromatic heterocycles. The van der Waals surface area contributed by atoms with E-state index < -0.39 is 0 Å². The summed E-state index contributed by atoms with van der Waals surface area (Å²) in [6.07, 6.45) is 3.54. The predicted octanol–water partition coefficient (Wildman–Crippen LogP) is 1.36. The maximum atomic E-state index is 10.9. The van der Waals surface area contributed by atoms with E-state index >= 15 is 0 Å². The predicted molar refractivity (Wildman–Crippen MR) is 68.2 cm³/mol. The van der Waals surface area contributed by atoms with E-state index in [0.717, 1.165) is 12.0 Å². The Morgan fingerprint density at radius 2 is 2.17 bits per heavy atom. The number of hydrogen-bond acceptors (Lipinski definition) is 4.